The Morgan fingerprint density at radius 2 is 2.00 bits per heavy atom. The minimum Gasteiger partial charge on any atom is -0.392 e. The monoisotopic (exact) mass is 348 g/mol. The highest BCUT2D eigenvalue weighted by Gasteiger charge is 2.50. The van der Waals surface area contributed by atoms with Gasteiger partial charge in [0.2, 0.25) is 10.0 Å². The molecule has 1 fully saturated rings. The Hall–Kier alpha value is -1.50. The van der Waals surface area contributed by atoms with Gasteiger partial charge < -0.3 is 5.11 Å². The maximum Gasteiger partial charge on any atom is 0.241 e. The first-order valence-electron chi connectivity index (χ1n) is 8.29. The molecule has 1 aliphatic rings. The molecule has 1 heterocycles. The maximum absolute atomic E-state index is 12.8. The second kappa shape index (κ2) is 6.10. The number of rotatable bonds is 6. The zero-order valence-corrected chi connectivity index (χ0v) is 15.1. The van der Waals surface area contributed by atoms with Gasteiger partial charge >= 0.3 is 0 Å². The first kappa shape index (κ1) is 17.3. The number of aliphatic hydroxyl groups excluding tert-OH is 1. The molecule has 0 aliphatic heterocycles. The van der Waals surface area contributed by atoms with Crippen molar-refractivity contribution in [3.8, 4) is 0 Å². The van der Waals surface area contributed by atoms with Crippen LogP contribution in [-0.4, -0.2) is 31.2 Å². The molecule has 6 heteroatoms. The molecule has 2 N–H and O–H groups in total. The van der Waals surface area contributed by atoms with Gasteiger partial charge in [-0.25, -0.2) is 13.1 Å². The summed E-state index contributed by atoms with van der Waals surface area (Å²) in [5, 5.41) is 11.0. The van der Waals surface area contributed by atoms with Crippen LogP contribution in [0.3, 0.4) is 0 Å². The second-order valence-corrected chi connectivity index (χ2v) is 8.89. The van der Waals surface area contributed by atoms with E-state index in [-0.39, 0.29) is 22.8 Å². The molecule has 24 heavy (non-hydrogen) atoms. The molecule has 0 saturated heterocycles. The lowest BCUT2D eigenvalue weighted by molar-refractivity contribution is 0.0529. The van der Waals surface area contributed by atoms with Crippen molar-refractivity contribution in [3.05, 3.63) is 36.0 Å². The molecule has 130 valence electrons. The lowest BCUT2D eigenvalue weighted by atomic mass is 9.91. The van der Waals surface area contributed by atoms with Crippen molar-refractivity contribution in [1.82, 2.24) is 9.71 Å². The van der Waals surface area contributed by atoms with Crippen LogP contribution in [0.4, 0.5) is 0 Å². The van der Waals surface area contributed by atoms with E-state index in [0.29, 0.717) is 10.9 Å². The van der Waals surface area contributed by atoms with Crippen molar-refractivity contribution < 1.29 is 13.5 Å². The van der Waals surface area contributed by atoms with E-state index in [0.717, 1.165) is 18.4 Å². The number of aliphatic hydroxyl groups is 1. The van der Waals surface area contributed by atoms with Crippen molar-refractivity contribution >= 4 is 20.9 Å². The number of sulfonamides is 1. The molecule has 0 bridgehead atoms. The predicted octanol–water partition coefficient (Wildman–Crippen LogP) is 2.62. The molecule has 0 spiro atoms. The summed E-state index contributed by atoms with van der Waals surface area (Å²) in [7, 11) is -3.66. The molecule has 3 rings (SSSR count). The van der Waals surface area contributed by atoms with Crippen molar-refractivity contribution in [1.29, 1.82) is 0 Å². The van der Waals surface area contributed by atoms with Gasteiger partial charge in [0.1, 0.15) is 0 Å². The molecular weight excluding hydrogens is 324 g/mol. The highest BCUT2D eigenvalue weighted by Crippen LogP contribution is 2.50. The van der Waals surface area contributed by atoms with Gasteiger partial charge in [-0.1, -0.05) is 19.9 Å². The zero-order valence-electron chi connectivity index (χ0n) is 14.3. The number of hydrogen-bond acceptors (Lipinski definition) is 4. The van der Waals surface area contributed by atoms with E-state index in [1.807, 2.05) is 20.8 Å². The Balaban J connectivity index is 1.89. The topological polar surface area (TPSA) is 79.3 Å². The molecular formula is C18H24N2O3S. The summed E-state index contributed by atoms with van der Waals surface area (Å²) in [4.78, 5) is 4.54. The summed E-state index contributed by atoms with van der Waals surface area (Å²) in [5.74, 6) is 0.112. The number of nitrogens with one attached hydrogen (secondary N) is 1. The number of nitrogens with zero attached hydrogens (tertiary/aromatic N) is 1. The fourth-order valence-electron chi connectivity index (χ4n) is 3.28. The Kier molecular flexibility index (Phi) is 4.40. The van der Waals surface area contributed by atoms with Crippen molar-refractivity contribution in [2.75, 3.05) is 6.54 Å². The molecule has 1 aromatic carbocycles. The number of fused-ring (bicyclic) bond motifs is 1. The van der Waals surface area contributed by atoms with Crippen LogP contribution in [0, 0.1) is 18.3 Å². The van der Waals surface area contributed by atoms with Gasteiger partial charge in [0, 0.05) is 23.5 Å². The van der Waals surface area contributed by atoms with E-state index in [2.05, 4.69) is 9.71 Å². The molecule has 1 saturated carbocycles. The molecule has 1 aliphatic carbocycles. The van der Waals surface area contributed by atoms with E-state index >= 15 is 0 Å². The van der Waals surface area contributed by atoms with Crippen LogP contribution in [-0.2, 0) is 10.0 Å². The second-order valence-electron chi connectivity index (χ2n) is 7.16. The largest absolute Gasteiger partial charge is 0.392 e. The molecule has 5 nitrogen and oxygen atoms in total. The summed E-state index contributed by atoms with van der Waals surface area (Å²) < 4.78 is 28.3. The highest BCUT2D eigenvalue weighted by atomic mass is 32.2. The standard InChI is InChI=1S/C18H24N2O3S/c1-12(2)17(21)18(8-9-18)11-20-24(22,23)15-7-6-13(3)16-14(15)5-4-10-19-16/h4-7,10,12,17,20-21H,8-9,11H2,1-3H3/t17-/m1/s1. The van der Waals surface area contributed by atoms with Crippen LogP contribution >= 0.6 is 0 Å². The maximum atomic E-state index is 12.8. The van der Waals surface area contributed by atoms with E-state index in [1.54, 1.807) is 30.5 Å². The fourth-order valence-corrected chi connectivity index (χ4v) is 4.62. The van der Waals surface area contributed by atoms with Crippen LogP contribution in [0.15, 0.2) is 35.4 Å². The lowest BCUT2D eigenvalue weighted by Crippen LogP contribution is -2.38. The molecule has 0 unspecified atom stereocenters. The van der Waals surface area contributed by atoms with E-state index in [1.165, 1.54) is 0 Å². The Morgan fingerprint density at radius 1 is 1.29 bits per heavy atom. The summed E-state index contributed by atoms with van der Waals surface area (Å²) in [6.45, 7) is 6.10. The van der Waals surface area contributed by atoms with Gasteiger partial charge in [0.15, 0.2) is 0 Å². The Bertz CT molecular complexity index is 858. The van der Waals surface area contributed by atoms with Crippen molar-refractivity contribution in [2.24, 2.45) is 11.3 Å². The number of aryl methyl sites for hydroxylation is 1. The van der Waals surface area contributed by atoms with Gasteiger partial charge in [0.05, 0.1) is 16.5 Å². The van der Waals surface area contributed by atoms with Crippen LogP contribution in [0.5, 0.6) is 0 Å². The molecule has 1 atom stereocenters. The third-order valence-corrected chi connectivity index (χ3v) is 6.45. The van der Waals surface area contributed by atoms with Gasteiger partial charge in [-0.3, -0.25) is 4.98 Å². The van der Waals surface area contributed by atoms with Crippen molar-refractivity contribution in [3.63, 3.8) is 0 Å². The van der Waals surface area contributed by atoms with E-state index in [4.69, 9.17) is 0 Å². The SMILES string of the molecule is Cc1ccc(S(=O)(=O)NCC2([C@H](O)C(C)C)CC2)c2cccnc12. The van der Waals surface area contributed by atoms with Crippen molar-refractivity contribution in [2.45, 2.75) is 44.6 Å². The average Bonchev–Trinajstić information content (AvgIpc) is 3.34. The summed E-state index contributed by atoms with van der Waals surface area (Å²) >= 11 is 0. The minimum atomic E-state index is -3.66. The van der Waals surface area contributed by atoms with E-state index < -0.39 is 16.1 Å². The van der Waals surface area contributed by atoms with Crippen LogP contribution in [0.2, 0.25) is 0 Å². The quantitative estimate of drug-likeness (QED) is 0.841. The van der Waals surface area contributed by atoms with Crippen LogP contribution < -0.4 is 4.72 Å². The first-order valence-corrected chi connectivity index (χ1v) is 9.77. The van der Waals surface area contributed by atoms with Gasteiger partial charge in [-0.05, 0) is 49.4 Å². The van der Waals surface area contributed by atoms with E-state index in [9.17, 15) is 13.5 Å². The number of aromatic nitrogens is 1. The number of benzene rings is 1. The highest BCUT2D eigenvalue weighted by molar-refractivity contribution is 7.89. The van der Waals surface area contributed by atoms with Gasteiger partial charge in [-0.2, -0.15) is 0 Å². The molecule has 0 amide bonds. The third kappa shape index (κ3) is 3.06. The van der Waals surface area contributed by atoms with Gasteiger partial charge in [0.25, 0.3) is 0 Å². The van der Waals surface area contributed by atoms with Crippen LogP contribution in [0.1, 0.15) is 32.3 Å². The first-order chi connectivity index (χ1) is 11.3. The molecule has 0 radical (unpaired) electrons. The molecule has 1 aromatic heterocycles. The normalized spacial score (nSPS) is 18.0. The number of pyridine rings is 1. The number of hydrogen-bond donors (Lipinski definition) is 2. The lowest BCUT2D eigenvalue weighted by Gasteiger charge is -2.25. The smallest absolute Gasteiger partial charge is 0.241 e. The zero-order chi connectivity index (χ0) is 17.5. The molecule has 2 aromatic rings. The third-order valence-electron chi connectivity index (χ3n) is 4.99. The summed E-state index contributed by atoms with van der Waals surface area (Å²) in [5.41, 5.74) is 1.32. The Morgan fingerprint density at radius 3 is 2.62 bits per heavy atom. The summed E-state index contributed by atoms with van der Waals surface area (Å²) in [6.07, 6.45) is 2.88. The average molecular weight is 348 g/mol. The minimum absolute atomic E-state index is 0.112. The predicted molar refractivity (Wildman–Crippen MR) is 94.2 cm³/mol. The fraction of sp³-hybridized carbons (Fsp3) is 0.500. The summed E-state index contributed by atoms with van der Waals surface area (Å²) in [6, 6.07) is 6.92. The van der Waals surface area contributed by atoms with Crippen LogP contribution in [0.25, 0.3) is 10.9 Å². The van der Waals surface area contributed by atoms with Gasteiger partial charge in [-0.15, -0.1) is 0 Å². The Labute approximate surface area is 143 Å².